The van der Waals surface area contributed by atoms with Crippen molar-refractivity contribution in [2.75, 3.05) is 33.2 Å². The fourth-order valence-electron chi connectivity index (χ4n) is 4.69. The Bertz CT molecular complexity index is 1120. The Morgan fingerprint density at radius 1 is 1.10 bits per heavy atom. The molecule has 0 radical (unpaired) electrons. The summed E-state index contributed by atoms with van der Waals surface area (Å²) < 4.78 is 0. The number of hydrogen-bond acceptors (Lipinski definition) is 5. The molecule has 1 heterocycles. The quantitative estimate of drug-likeness (QED) is 0.132. The molecule has 1 unspecified atom stereocenters. The molecular weight excluding hydrogens is 524 g/mol. The first kappa shape index (κ1) is 36.4. The van der Waals surface area contributed by atoms with E-state index in [1.807, 2.05) is 14.0 Å². The highest BCUT2D eigenvalue weighted by atomic mass is 16.1. The molecule has 8 nitrogen and oxygen atoms in total. The second-order valence-corrected chi connectivity index (χ2v) is 10.5. The third-order valence-corrected chi connectivity index (χ3v) is 6.98. The van der Waals surface area contributed by atoms with E-state index in [0.717, 1.165) is 76.1 Å². The molecule has 0 saturated carbocycles. The molecular formula is C34H52N6O2. The minimum Gasteiger partial charge on any atom is -0.387 e. The smallest absolute Gasteiger partial charge is 0.204 e. The van der Waals surface area contributed by atoms with Crippen LogP contribution in [-0.4, -0.2) is 62.5 Å². The Labute approximate surface area is 253 Å². The fourth-order valence-corrected chi connectivity index (χ4v) is 4.69. The van der Waals surface area contributed by atoms with Crippen molar-refractivity contribution in [3.8, 4) is 0 Å². The zero-order valence-corrected chi connectivity index (χ0v) is 26.1. The summed E-state index contributed by atoms with van der Waals surface area (Å²) in [4.78, 5) is 30.5. The molecule has 1 atom stereocenters. The molecule has 0 spiro atoms. The summed E-state index contributed by atoms with van der Waals surface area (Å²) in [7, 11) is 2.01. The third-order valence-electron chi connectivity index (χ3n) is 6.98. The molecule has 8 heteroatoms. The summed E-state index contributed by atoms with van der Waals surface area (Å²) in [6.45, 7) is 13.9. The number of aldehydes is 1. The SMILES string of the molecule is C=C(C=O)CN1CCCC1.CCC(N)=NC(CCC(CNC)Cc1ccccc1)=Nc1ccc(CC)cc1C.NC=O. The monoisotopic (exact) mass is 576 g/mol. The predicted molar refractivity (Wildman–Crippen MR) is 177 cm³/mol. The highest BCUT2D eigenvalue weighted by Crippen LogP contribution is 2.22. The maximum Gasteiger partial charge on any atom is 0.204 e. The van der Waals surface area contributed by atoms with Gasteiger partial charge in [0.2, 0.25) is 6.41 Å². The molecule has 0 bridgehead atoms. The largest absolute Gasteiger partial charge is 0.387 e. The van der Waals surface area contributed by atoms with Crippen LogP contribution in [0, 0.1) is 12.8 Å². The van der Waals surface area contributed by atoms with Crippen LogP contribution in [0.15, 0.2) is 70.7 Å². The fraction of sp³-hybridized carbons (Fsp3) is 0.471. The van der Waals surface area contributed by atoms with Crippen LogP contribution in [0.5, 0.6) is 0 Å². The Kier molecular flexibility index (Phi) is 19.1. The van der Waals surface area contributed by atoms with Crippen molar-refractivity contribution in [3.05, 3.63) is 77.4 Å². The first-order chi connectivity index (χ1) is 20.3. The Morgan fingerprint density at radius 3 is 2.31 bits per heavy atom. The lowest BCUT2D eigenvalue weighted by molar-refractivity contribution is -0.107. The maximum atomic E-state index is 10.2. The molecule has 1 amide bonds. The summed E-state index contributed by atoms with van der Waals surface area (Å²) in [5, 5.41) is 3.33. The summed E-state index contributed by atoms with van der Waals surface area (Å²) in [6.07, 6.45) is 8.28. The van der Waals surface area contributed by atoms with Crippen LogP contribution < -0.4 is 16.8 Å². The summed E-state index contributed by atoms with van der Waals surface area (Å²) in [5.41, 5.74) is 15.8. The zero-order valence-electron chi connectivity index (χ0n) is 26.1. The van der Waals surface area contributed by atoms with Crippen molar-refractivity contribution < 1.29 is 9.59 Å². The lowest BCUT2D eigenvalue weighted by Gasteiger charge is -2.17. The number of nitrogens with two attached hydrogens (primary N) is 2. The molecule has 5 N–H and O–H groups in total. The van der Waals surface area contributed by atoms with Crippen molar-refractivity contribution in [2.45, 2.75) is 65.7 Å². The van der Waals surface area contributed by atoms with Gasteiger partial charge in [-0.25, -0.2) is 9.98 Å². The number of amides is 1. The van der Waals surface area contributed by atoms with Crippen molar-refractivity contribution in [1.82, 2.24) is 10.2 Å². The average Bonchev–Trinajstić information content (AvgIpc) is 3.51. The Balaban J connectivity index is 0.000000561. The number of rotatable bonds is 13. The predicted octanol–water partition coefficient (Wildman–Crippen LogP) is 5.15. The number of amidine groups is 2. The molecule has 1 fully saturated rings. The van der Waals surface area contributed by atoms with Crippen LogP contribution >= 0.6 is 0 Å². The molecule has 2 aromatic rings. The molecule has 0 aromatic heterocycles. The highest BCUT2D eigenvalue weighted by Gasteiger charge is 2.12. The second kappa shape index (κ2) is 22.0. The van der Waals surface area contributed by atoms with Gasteiger partial charge in [-0.3, -0.25) is 14.5 Å². The molecule has 3 rings (SSSR count). The first-order valence-electron chi connectivity index (χ1n) is 15.0. The van der Waals surface area contributed by atoms with Gasteiger partial charge in [0.25, 0.3) is 0 Å². The van der Waals surface area contributed by atoms with E-state index in [-0.39, 0.29) is 6.41 Å². The van der Waals surface area contributed by atoms with Gasteiger partial charge < -0.3 is 16.8 Å². The van der Waals surface area contributed by atoms with E-state index in [2.05, 4.69) is 89.9 Å². The van der Waals surface area contributed by atoms with Crippen molar-refractivity contribution in [2.24, 2.45) is 27.4 Å². The van der Waals surface area contributed by atoms with Gasteiger partial charge in [-0.05, 0) is 100.0 Å². The van der Waals surface area contributed by atoms with Gasteiger partial charge >= 0.3 is 0 Å². The molecule has 42 heavy (non-hydrogen) atoms. The van der Waals surface area contributed by atoms with Gasteiger partial charge in [0.1, 0.15) is 18.0 Å². The Hall–Kier alpha value is -3.62. The number of aryl methyl sites for hydroxylation is 2. The van der Waals surface area contributed by atoms with Gasteiger partial charge in [-0.1, -0.05) is 62.9 Å². The van der Waals surface area contributed by atoms with E-state index < -0.39 is 0 Å². The summed E-state index contributed by atoms with van der Waals surface area (Å²) in [5.74, 6) is 1.99. The molecule has 2 aromatic carbocycles. The molecule has 1 saturated heterocycles. The van der Waals surface area contributed by atoms with Gasteiger partial charge in [0.05, 0.1) is 5.69 Å². The van der Waals surface area contributed by atoms with Crippen LogP contribution in [-0.2, 0) is 22.4 Å². The molecule has 1 aliphatic heterocycles. The van der Waals surface area contributed by atoms with E-state index in [0.29, 0.717) is 17.3 Å². The van der Waals surface area contributed by atoms with Gasteiger partial charge in [0, 0.05) is 19.4 Å². The maximum absolute atomic E-state index is 10.2. The van der Waals surface area contributed by atoms with E-state index in [4.69, 9.17) is 15.5 Å². The third kappa shape index (κ3) is 15.4. The minimum absolute atomic E-state index is 0.250. The summed E-state index contributed by atoms with van der Waals surface area (Å²) in [6, 6.07) is 17.1. The van der Waals surface area contributed by atoms with Crippen LogP contribution in [0.25, 0.3) is 0 Å². The topological polar surface area (TPSA) is 126 Å². The molecule has 230 valence electrons. The van der Waals surface area contributed by atoms with Gasteiger partial charge in [-0.2, -0.15) is 0 Å². The molecule has 0 aliphatic carbocycles. The number of likely N-dealkylation sites (tertiary alicyclic amines) is 1. The number of benzene rings is 2. The van der Waals surface area contributed by atoms with Crippen LogP contribution in [0.4, 0.5) is 5.69 Å². The second-order valence-electron chi connectivity index (χ2n) is 10.5. The van der Waals surface area contributed by atoms with Crippen LogP contribution in [0.3, 0.4) is 0 Å². The lowest BCUT2D eigenvalue weighted by Crippen LogP contribution is -2.22. The van der Waals surface area contributed by atoms with Crippen LogP contribution in [0.2, 0.25) is 0 Å². The number of nitrogens with zero attached hydrogens (tertiary/aromatic N) is 3. The number of carbonyl (C=O) groups excluding carboxylic acids is 2. The number of hydrogen-bond donors (Lipinski definition) is 3. The zero-order chi connectivity index (χ0) is 31.2. The Morgan fingerprint density at radius 2 is 1.76 bits per heavy atom. The van der Waals surface area contributed by atoms with Crippen molar-refractivity contribution in [1.29, 1.82) is 0 Å². The van der Waals surface area contributed by atoms with Crippen molar-refractivity contribution >= 4 is 30.1 Å². The van der Waals surface area contributed by atoms with Gasteiger partial charge in [-0.15, -0.1) is 0 Å². The number of aliphatic imine (C=N–C) groups is 2. The molecule has 1 aliphatic rings. The van der Waals surface area contributed by atoms with Crippen molar-refractivity contribution in [3.63, 3.8) is 0 Å². The normalized spacial score (nSPS) is 14.2. The van der Waals surface area contributed by atoms with E-state index in [1.54, 1.807) is 0 Å². The highest BCUT2D eigenvalue weighted by molar-refractivity contribution is 5.97. The average molecular weight is 577 g/mol. The van der Waals surface area contributed by atoms with Gasteiger partial charge in [0.15, 0.2) is 0 Å². The van der Waals surface area contributed by atoms with E-state index in [1.165, 1.54) is 29.5 Å². The standard InChI is InChI=1S/C25H36N4.C8H13NO.CH3NO/c1-5-20-12-14-23(19(3)16-20)28-25(29-24(26)6-2)15-13-22(18-27-4)17-21-10-8-7-9-11-21;1-8(7-10)6-9-4-2-3-5-9;2-1-3/h7-12,14,16,22,27H,5-6,13,15,17-18H2,1-4H3,(H2,26,28,29);7H,1-6H2;1H,(H2,2,3). The number of primary amides is 1. The summed E-state index contributed by atoms with van der Waals surface area (Å²) >= 11 is 0. The first-order valence-corrected chi connectivity index (χ1v) is 15.0. The minimum atomic E-state index is 0.250. The van der Waals surface area contributed by atoms with E-state index in [9.17, 15) is 4.79 Å². The van der Waals surface area contributed by atoms with E-state index >= 15 is 0 Å². The number of carbonyl (C=O) groups is 2. The lowest BCUT2D eigenvalue weighted by atomic mass is 9.94. The number of nitrogens with one attached hydrogen (secondary N) is 1. The van der Waals surface area contributed by atoms with Crippen LogP contribution in [0.1, 0.15) is 62.6 Å².